The number of nitrogens with two attached hydrogens (primary N) is 1. The van der Waals surface area contributed by atoms with Crippen molar-refractivity contribution in [1.82, 2.24) is 4.98 Å². The molecular weight excluding hydrogens is 325 g/mol. The molecule has 1 aromatic heterocycles. The molecule has 0 saturated heterocycles. The van der Waals surface area contributed by atoms with E-state index >= 15 is 0 Å². The maximum atomic E-state index is 13.8. The molecule has 0 bridgehead atoms. The van der Waals surface area contributed by atoms with E-state index < -0.39 is 11.7 Å². The molecule has 20 heavy (non-hydrogen) atoms. The first-order valence-electron chi connectivity index (χ1n) is 6.01. The van der Waals surface area contributed by atoms with Crippen LogP contribution in [0.1, 0.15) is 17.3 Å². The molecule has 0 spiro atoms. The number of hydrogen-bond acceptors (Lipinski definition) is 3. The minimum absolute atomic E-state index is 0.000139. The normalized spacial score (nSPS) is 10.3. The van der Waals surface area contributed by atoms with Crippen molar-refractivity contribution in [3.05, 3.63) is 52.4 Å². The molecular formula is C14H13BrFN3O. The van der Waals surface area contributed by atoms with Crippen LogP contribution in [0.15, 0.2) is 41.0 Å². The lowest BCUT2D eigenvalue weighted by molar-refractivity contribution is 0.0983. The molecule has 2 N–H and O–H groups in total. The second-order valence-corrected chi connectivity index (χ2v) is 5.04. The van der Waals surface area contributed by atoms with Crippen molar-refractivity contribution in [1.29, 1.82) is 0 Å². The lowest BCUT2D eigenvalue weighted by Crippen LogP contribution is -2.32. The first-order valence-corrected chi connectivity index (χ1v) is 6.80. The average Bonchev–Trinajstić information content (AvgIpc) is 2.44. The molecule has 0 aliphatic carbocycles. The first kappa shape index (κ1) is 14.5. The van der Waals surface area contributed by atoms with Crippen LogP contribution >= 0.6 is 15.9 Å². The number of rotatable bonds is 3. The summed E-state index contributed by atoms with van der Waals surface area (Å²) in [5, 5.41) is 0. The largest absolute Gasteiger partial charge is 0.397 e. The Bertz CT molecular complexity index is 631. The van der Waals surface area contributed by atoms with E-state index in [1.807, 2.05) is 0 Å². The number of nitrogens with zero attached hydrogens (tertiary/aromatic N) is 2. The molecule has 104 valence electrons. The first-order chi connectivity index (χ1) is 9.52. The van der Waals surface area contributed by atoms with Crippen LogP contribution in [0, 0.1) is 5.82 Å². The number of anilines is 2. The summed E-state index contributed by atoms with van der Waals surface area (Å²) in [6, 6.07) is 7.53. The minimum Gasteiger partial charge on any atom is -0.397 e. The predicted molar refractivity (Wildman–Crippen MR) is 80.1 cm³/mol. The van der Waals surface area contributed by atoms with Gasteiger partial charge in [0.15, 0.2) is 0 Å². The number of amides is 1. The number of hydrogen-bond donors (Lipinski definition) is 1. The van der Waals surface area contributed by atoms with E-state index in [0.717, 1.165) is 0 Å². The molecule has 2 aromatic rings. The van der Waals surface area contributed by atoms with Gasteiger partial charge in [-0.3, -0.25) is 9.69 Å². The van der Waals surface area contributed by atoms with Crippen LogP contribution in [0.2, 0.25) is 0 Å². The van der Waals surface area contributed by atoms with E-state index in [1.54, 1.807) is 25.1 Å². The molecule has 1 amide bonds. The average molecular weight is 338 g/mol. The van der Waals surface area contributed by atoms with Gasteiger partial charge in [0, 0.05) is 11.0 Å². The summed E-state index contributed by atoms with van der Waals surface area (Å²) in [5.41, 5.74) is 6.07. The maximum absolute atomic E-state index is 13.8. The topological polar surface area (TPSA) is 59.2 Å². The number of aromatic nitrogens is 1. The zero-order valence-electron chi connectivity index (χ0n) is 10.8. The fourth-order valence-corrected chi connectivity index (χ4v) is 2.13. The third-order valence-corrected chi connectivity index (χ3v) is 3.26. The summed E-state index contributed by atoms with van der Waals surface area (Å²) in [4.78, 5) is 17.9. The Morgan fingerprint density at radius 3 is 2.75 bits per heavy atom. The minimum atomic E-state index is -0.563. The maximum Gasteiger partial charge on any atom is 0.262 e. The van der Waals surface area contributed by atoms with Gasteiger partial charge in [-0.2, -0.15) is 0 Å². The monoisotopic (exact) mass is 337 g/mol. The van der Waals surface area contributed by atoms with Crippen LogP contribution in [0.4, 0.5) is 15.9 Å². The highest BCUT2D eigenvalue weighted by atomic mass is 79.9. The van der Waals surface area contributed by atoms with Crippen molar-refractivity contribution in [3.63, 3.8) is 0 Å². The van der Waals surface area contributed by atoms with Gasteiger partial charge in [-0.15, -0.1) is 0 Å². The fourth-order valence-electron chi connectivity index (χ4n) is 1.77. The number of carbonyl (C=O) groups is 1. The van der Waals surface area contributed by atoms with Gasteiger partial charge in [-0.1, -0.05) is 15.9 Å². The van der Waals surface area contributed by atoms with Gasteiger partial charge in [0.2, 0.25) is 0 Å². The standard InChI is InChI=1S/C14H13BrFN3O/c1-2-19(13-6-4-10(17)8-18-13)14(20)11-7-9(15)3-5-12(11)16/h3-8H,2,17H2,1H3. The molecule has 0 fully saturated rings. The van der Waals surface area contributed by atoms with Crippen LogP contribution in [0.5, 0.6) is 0 Å². The van der Waals surface area contributed by atoms with Crippen molar-refractivity contribution < 1.29 is 9.18 Å². The second kappa shape index (κ2) is 6.00. The second-order valence-electron chi connectivity index (χ2n) is 4.12. The van der Waals surface area contributed by atoms with E-state index in [1.165, 1.54) is 23.2 Å². The third kappa shape index (κ3) is 2.96. The Labute approximate surface area is 124 Å². The number of halogens is 2. The highest BCUT2D eigenvalue weighted by Crippen LogP contribution is 2.20. The van der Waals surface area contributed by atoms with Crippen LogP contribution < -0.4 is 10.6 Å². The lowest BCUT2D eigenvalue weighted by Gasteiger charge is -2.20. The molecule has 0 saturated carbocycles. The molecule has 0 unspecified atom stereocenters. The fraction of sp³-hybridized carbons (Fsp3) is 0.143. The molecule has 0 radical (unpaired) electrons. The van der Waals surface area contributed by atoms with Gasteiger partial charge in [0.1, 0.15) is 11.6 Å². The van der Waals surface area contributed by atoms with Crippen LogP contribution in [0.3, 0.4) is 0 Å². The van der Waals surface area contributed by atoms with E-state index in [2.05, 4.69) is 20.9 Å². The Morgan fingerprint density at radius 1 is 1.40 bits per heavy atom. The van der Waals surface area contributed by atoms with Crippen LogP contribution in [-0.4, -0.2) is 17.4 Å². The zero-order chi connectivity index (χ0) is 14.7. The Balaban J connectivity index is 2.38. The molecule has 1 heterocycles. The summed E-state index contributed by atoms with van der Waals surface area (Å²) < 4.78 is 14.4. The summed E-state index contributed by atoms with van der Waals surface area (Å²) in [7, 11) is 0. The van der Waals surface area contributed by atoms with Gasteiger partial charge in [-0.05, 0) is 37.3 Å². The van der Waals surface area contributed by atoms with Crippen molar-refractivity contribution in [2.45, 2.75) is 6.92 Å². The quantitative estimate of drug-likeness (QED) is 0.935. The van der Waals surface area contributed by atoms with Crippen LogP contribution in [0.25, 0.3) is 0 Å². The highest BCUT2D eigenvalue weighted by molar-refractivity contribution is 9.10. The van der Waals surface area contributed by atoms with Gasteiger partial charge >= 0.3 is 0 Å². The number of nitrogen functional groups attached to an aromatic ring is 1. The van der Waals surface area contributed by atoms with Gasteiger partial charge in [0.05, 0.1) is 17.4 Å². The summed E-state index contributed by atoms with van der Waals surface area (Å²) in [6.45, 7) is 2.17. The zero-order valence-corrected chi connectivity index (χ0v) is 12.4. The number of benzene rings is 1. The molecule has 1 aromatic carbocycles. The Hall–Kier alpha value is -1.95. The van der Waals surface area contributed by atoms with Gasteiger partial charge in [0.25, 0.3) is 5.91 Å². The van der Waals surface area contributed by atoms with Crippen molar-refractivity contribution >= 4 is 33.3 Å². The SMILES string of the molecule is CCN(C(=O)c1cc(Br)ccc1F)c1ccc(N)cn1. The Morgan fingerprint density at radius 2 is 2.15 bits per heavy atom. The van der Waals surface area contributed by atoms with Gasteiger partial charge in [-0.25, -0.2) is 9.37 Å². The smallest absolute Gasteiger partial charge is 0.262 e. The molecule has 0 aliphatic heterocycles. The van der Waals surface area contributed by atoms with Gasteiger partial charge < -0.3 is 5.73 Å². The number of carbonyl (C=O) groups excluding carboxylic acids is 1. The molecule has 2 rings (SSSR count). The lowest BCUT2D eigenvalue weighted by atomic mass is 10.2. The van der Waals surface area contributed by atoms with Crippen LogP contribution in [-0.2, 0) is 0 Å². The summed E-state index contributed by atoms with van der Waals surface area (Å²) in [6.07, 6.45) is 1.46. The summed E-state index contributed by atoms with van der Waals surface area (Å²) >= 11 is 3.23. The molecule has 0 atom stereocenters. The molecule has 6 heteroatoms. The number of pyridine rings is 1. The van der Waals surface area contributed by atoms with E-state index in [4.69, 9.17) is 5.73 Å². The van der Waals surface area contributed by atoms with Crippen molar-refractivity contribution in [2.24, 2.45) is 0 Å². The predicted octanol–water partition coefficient (Wildman–Crippen LogP) is 3.23. The Kier molecular flexibility index (Phi) is 4.34. The van der Waals surface area contributed by atoms with Crippen molar-refractivity contribution in [2.75, 3.05) is 17.2 Å². The highest BCUT2D eigenvalue weighted by Gasteiger charge is 2.20. The summed E-state index contributed by atoms with van der Waals surface area (Å²) in [5.74, 6) is -0.568. The molecule has 0 aliphatic rings. The van der Waals surface area contributed by atoms with E-state index in [9.17, 15) is 9.18 Å². The van der Waals surface area contributed by atoms with Crippen molar-refractivity contribution in [3.8, 4) is 0 Å². The van der Waals surface area contributed by atoms with E-state index in [0.29, 0.717) is 22.5 Å². The molecule has 4 nitrogen and oxygen atoms in total. The van der Waals surface area contributed by atoms with E-state index in [-0.39, 0.29) is 5.56 Å². The third-order valence-electron chi connectivity index (χ3n) is 2.77.